The molecule has 1 aromatic carbocycles. The number of hydrogen-bond donors (Lipinski definition) is 0. The van der Waals surface area contributed by atoms with Crippen molar-refractivity contribution in [1.29, 1.82) is 0 Å². The van der Waals surface area contributed by atoms with Gasteiger partial charge in [-0.05, 0) is 62.3 Å². The monoisotopic (exact) mass is 388 g/mol. The minimum atomic E-state index is -0.0605. The van der Waals surface area contributed by atoms with Gasteiger partial charge in [0.05, 0.1) is 12.5 Å². The first-order valence-corrected chi connectivity index (χ1v) is 11.7. The molecule has 0 saturated heterocycles. The van der Waals surface area contributed by atoms with Crippen molar-refractivity contribution in [1.82, 2.24) is 0 Å². The standard InChI is InChI=1S/C25H40O3/c1-3-5-7-8-9-10-20-27-23-16-18-24(19-17-23)28-25(26)22-14-12-21(13-15-22)11-6-4-2/h16-19,21-22H,3-15,20H2,1-2H3/t21-,22-. The van der Waals surface area contributed by atoms with Crippen molar-refractivity contribution in [3.63, 3.8) is 0 Å². The van der Waals surface area contributed by atoms with E-state index in [2.05, 4.69) is 13.8 Å². The zero-order valence-electron chi connectivity index (χ0n) is 18.1. The van der Waals surface area contributed by atoms with E-state index in [9.17, 15) is 4.79 Å². The number of rotatable bonds is 13. The zero-order chi connectivity index (χ0) is 20.0. The Morgan fingerprint density at radius 3 is 2.11 bits per heavy atom. The van der Waals surface area contributed by atoms with Crippen LogP contribution in [0.3, 0.4) is 0 Å². The molecule has 3 nitrogen and oxygen atoms in total. The molecule has 1 aliphatic carbocycles. The number of unbranched alkanes of at least 4 members (excludes halogenated alkanes) is 6. The van der Waals surface area contributed by atoms with Gasteiger partial charge in [-0.3, -0.25) is 4.79 Å². The smallest absolute Gasteiger partial charge is 0.314 e. The van der Waals surface area contributed by atoms with Crippen LogP contribution in [0.25, 0.3) is 0 Å². The third kappa shape index (κ3) is 8.67. The first-order chi connectivity index (χ1) is 13.7. The van der Waals surface area contributed by atoms with Crippen molar-refractivity contribution < 1.29 is 14.3 Å². The van der Waals surface area contributed by atoms with Crippen molar-refractivity contribution in [3.05, 3.63) is 24.3 Å². The summed E-state index contributed by atoms with van der Waals surface area (Å²) in [6.07, 6.45) is 15.8. The van der Waals surface area contributed by atoms with E-state index in [1.165, 1.54) is 64.2 Å². The van der Waals surface area contributed by atoms with E-state index in [0.29, 0.717) is 5.75 Å². The molecule has 0 bridgehead atoms. The van der Waals surface area contributed by atoms with Gasteiger partial charge in [-0.25, -0.2) is 0 Å². The van der Waals surface area contributed by atoms with E-state index in [4.69, 9.17) is 9.47 Å². The Kier molecular flexibility index (Phi) is 11.1. The molecule has 1 fully saturated rings. The van der Waals surface area contributed by atoms with Crippen LogP contribution >= 0.6 is 0 Å². The molecule has 28 heavy (non-hydrogen) atoms. The highest BCUT2D eigenvalue weighted by Gasteiger charge is 2.27. The highest BCUT2D eigenvalue weighted by molar-refractivity contribution is 5.75. The van der Waals surface area contributed by atoms with Crippen molar-refractivity contribution in [2.24, 2.45) is 11.8 Å². The van der Waals surface area contributed by atoms with Crippen LogP contribution in [0.1, 0.15) is 97.3 Å². The summed E-state index contributed by atoms with van der Waals surface area (Å²) in [6.45, 7) is 5.24. The number of esters is 1. The van der Waals surface area contributed by atoms with Crippen LogP contribution in [0.5, 0.6) is 11.5 Å². The van der Waals surface area contributed by atoms with E-state index in [0.717, 1.165) is 37.5 Å². The minimum Gasteiger partial charge on any atom is -0.494 e. The van der Waals surface area contributed by atoms with E-state index in [1.54, 1.807) is 0 Å². The predicted molar refractivity (Wildman–Crippen MR) is 116 cm³/mol. The summed E-state index contributed by atoms with van der Waals surface area (Å²) in [4.78, 5) is 12.4. The van der Waals surface area contributed by atoms with Crippen LogP contribution in [0.2, 0.25) is 0 Å². The Labute approximate surface area is 172 Å². The quantitative estimate of drug-likeness (QED) is 0.202. The minimum absolute atomic E-state index is 0.0605. The molecule has 0 amide bonds. The Hall–Kier alpha value is -1.51. The summed E-state index contributed by atoms with van der Waals surface area (Å²) in [5.41, 5.74) is 0. The molecule has 0 radical (unpaired) electrons. The molecule has 3 heteroatoms. The maximum absolute atomic E-state index is 12.4. The lowest BCUT2D eigenvalue weighted by Crippen LogP contribution is -2.25. The summed E-state index contributed by atoms with van der Waals surface area (Å²) in [7, 11) is 0. The molecule has 0 aromatic heterocycles. The lowest BCUT2D eigenvalue weighted by Gasteiger charge is -2.27. The van der Waals surface area contributed by atoms with Gasteiger partial charge >= 0.3 is 5.97 Å². The second-order valence-corrected chi connectivity index (χ2v) is 8.37. The van der Waals surface area contributed by atoms with Gasteiger partial charge in [0, 0.05) is 0 Å². The molecule has 1 saturated carbocycles. The van der Waals surface area contributed by atoms with Crippen LogP contribution in [-0.2, 0) is 4.79 Å². The van der Waals surface area contributed by atoms with Crippen molar-refractivity contribution in [3.8, 4) is 11.5 Å². The van der Waals surface area contributed by atoms with Gasteiger partial charge < -0.3 is 9.47 Å². The second kappa shape index (κ2) is 13.6. The van der Waals surface area contributed by atoms with Crippen LogP contribution in [-0.4, -0.2) is 12.6 Å². The third-order valence-electron chi connectivity index (χ3n) is 5.95. The summed E-state index contributed by atoms with van der Waals surface area (Å²) >= 11 is 0. The van der Waals surface area contributed by atoms with E-state index in [-0.39, 0.29) is 11.9 Å². The largest absolute Gasteiger partial charge is 0.494 e. The molecule has 0 N–H and O–H groups in total. The molecule has 1 aliphatic rings. The molecule has 1 aromatic rings. The van der Waals surface area contributed by atoms with E-state index in [1.807, 2.05) is 24.3 Å². The van der Waals surface area contributed by atoms with Gasteiger partial charge in [-0.1, -0.05) is 65.2 Å². The summed E-state index contributed by atoms with van der Waals surface area (Å²) in [6, 6.07) is 7.51. The van der Waals surface area contributed by atoms with Gasteiger partial charge in [0.1, 0.15) is 11.5 Å². The maximum Gasteiger partial charge on any atom is 0.314 e. The van der Waals surface area contributed by atoms with Crippen molar-refractivity contribution in [2.75, 3.05) is 6.61 Å². The highest BCUT2D eigenvalue weighted by atomic mass is 16.5. The molecular weight excluding hydrogens is 348 g/mol. The SMILES string of the molecule is CCCCCCCCOc1ccc(OC(=O)[C@H]2CC[C@H](CCCC)CC2)cc1. The van der Waals surface area contributed by atoms with Gasteiger partial charge in [-0.15, -0.1) is 0 Å². The molecule has 0 unspecified atom stereocenters. The highest BCUT2D eigenvalue weighted by Crippen LogP contribution is 2.33. The van der Waals surface area contributed by atoms with Crippen LogP contribution in [0.15, 0.2) is 24.3 Å². The Morgan fingerprint density at radius 1 is 0.821 bits per heavy atom. The van der Waals surface area contributed by atoms with Crippen molar-refractivity contribution >= 4 is 5.97 Å². The van der Waals surface area contributed by atoms with Gasteiger partial charge in [0.25, 0.3) is 0 Å². The average molecular weight is 389 g/mol. The molecule has 0 aliphatic heterocycles. The van der Waals surface area contributed by atoms with E-state index >= 15 is 0 Å². The fourth-order valence-corrected chi connectivity index (χ4v) is 4.06. The predicted octanol–water partition coefficient (Wildman–Crippen LogP) is 7.33. The fraction of sp³-hybridized carbons (Fsp3) is 0.720. The Morgan fingerprint density at radius 2 is 1.43 bits per heavy atom. The molecule has 0 heterocycles. The molecular formula is C25H40O3. The second-order valence-electron chi connectivity index (χ2n) is 8.37. The first kappa shape index (κ1) is 22.8. The van der Waals surface area contributed by atoms with Gasteiger partial charge in [-0.2, -0.15) is 0 Å². The number of carbonyl (C=O) groups excluding carboxylic acids is 1. The Bertz CT molecular complexity index is 529. The van der Waals surface area contributed by atoms with Crippen LogP contribution in [0, 0.1) is 11.8 Å². The van der Waals surface area contributed by atoms with E-state index < -0.39 is 0 Å². The zero-order valence-corrected chi connectivity index (χ0v) is 18.1. The lowest BCUT2D eigenvalue weighted by molar-refractivity contribution is -0.140. The average Bonchev–Trinajstić information content (AvgIpc) is 2.73. The van der Waals surface area contributed by atoms with Crippen molar-refractivity contribution in [2.45, 2.75) is 97.3 Å². The molecule has 0 atom stereocenters. The Balaban J connectivity index is 1.63. The molecule has 0 spiro atoms. The number of benzene rings is 1. The van der Waals surface area contributed by atoms with Gasteiger partial charge in [0.2, 0.25) is 0 Å². The van der Waals surface area contributed by atoms with Crippen LogP contribution < -0.4 is 9.47 Å². The van der Waals surface area contributed by atoms with Crippen LogP contribution in [0.4, 0.5) is 0 Å². The maximum atomic E-state index is 12.4. The fourth-order valence-electron chi connectivity index (χ4n) is 4.06. The lowest BCUT2D eigenvalue weighted by atomic mass is 9.80. The first-order valence-electron chi connectivity index (χ1n) is 11.7. The third-order valence-corrected chi connectivity index (χ3v) is 5.95. The summed E-state index contributed by atoms with van der Waals surface area (Å²) in [5, 5.41) is 0. The molecule has 2 rings (SSSR count). The number of carbonyl (C=O) groups is 1. The summed E-state index contributed by atoms with van der Waals surface area (Å²) < 4.78 is 11.4. The normalized spacial score (nSPS) is 19.4. The van der Waals surface area contributed by atoms with Gasteiger partial charge in [0.15, 0.2) is 0 Å². The topological polar surface area (TPSA) is 35.5 Å². The number of ether oxygens (including phenoxy) is 2. The molecule has 158 valence electrons. The summed E-state index contributed by atoms with van der Waals surface area (Å²) in [5.74, 6) is 2.30. The number of hydrogen-bond acceptors (Lipinski definition) is 3.